The van der Waals surface area contributed by atoms with Crippen molar-refractivity contribution in [1.82, 2.24) is 10.2 Å². The number of hydrogen-bond donors (Lipinski definition) is 2. The van der Waals surface area contributed by atoms with Crippen molar-refractivity contribution in [3.05, 3.63) is 23.8 Å². The maximum Gasteiger partial charge on any atom is 0.251 e. The van der Waals surface area contributed by atoms with E-state index in [9.17, 15) is 9.59 Å². The lowest BCUT2D eigenvalue weighted by atomic mass is 10.0. The first-order valence-corrected chi connectivity index (χ1v) is 7.45. The number of nitrogens with one attached hydrogen (secondary N) is 1. The summed E-state index contributed by atoms with van der Waals surface area (Å²) in [6.07, 6.45) is 1.70. The Labute approximate surface area is 130 Å². The third kappa shape index (κ3) is 4.21. The van der Waals surface area contributed by atoms with E-state index in [1.165, 1.54) is 7.11 Å². The van der Waals surface area contributed by atoms with Crippen LogP contribution in [-0.4, -0.2) is 49.4 Å². The number of benzene rings is 1. The van der Waals surface area contributed by atoms with Crippen molar-refractivity contribution >= 4 is 17.4 Å². The molecular formula is C16H23N3O3. The zero-order valence-corrected chi connectivity index (χ0v) is 13.1. The molecule has 22 heavy (non-hydrogen) atoms. The lowest BCUT2D eigenvalue weighted by molar-refractivity contribution is -0.118. The highest BCUT2D eigenvalue weighted by Gasteiger charge is 2.22. The number of anilines is 1. The van der Waals surface area contributed by atoms with Gasteiger partial charge in [0.2, 0.25) is 0 Å². The van der Waals surface area contributed by atoms with Gasteiger partial charge in [0, 0.05) is 24.7 Å². The number of likely N-dealkylation sites (tertiary alicyclic amines) is 1. The summed E-state index contributed by atoms with van der Waals surface area (Å²) in [6.45, 7) is 3.75. The van der Waals surface area contributed by atoms with Crippen molar-refractivity contribution in [2.75, 3.05) is 32.5 Å². The predicted octanol–water partition coefficient (Wildman–Crippen LogP) is 1.06. The molecule has 3 N–H and O–H groups in total. The van der Waals surface area contributed by atoms with E-state index in [0.29, 0.717) is 23.5 Å². The monoisotopic (exact) mass is 305 g/mol. The van der Waals surface area contributed by atoms with Crippen LogP contribution in [0, 0.1) is 0 Å². The molecule has 0 bridgehead atoms. The van der Waals surface area contributed by atoms with Crippen molar-refractivity contribution in [2.45, 2.75) is 25.8 Å². The molecule has 0 atom stereocenters. The van der Waals surface area contributed by atoms with E-state index in [0.717, 1.165) is 25.9 Å². The van der Waals surface area contributed by atoms with Crippen molar-refractivity contribution in [1.29, 1.82) is 0 Å². The number of nitrogen functional groups attached to an aromatic ring is 1. The lowest BCUT2D eigenvalue weighted by Gasteiger charge is -2.31. The molecule has 1 aromatic rings. The number of piperidine rings is 1. The molecule has 0 spiro atoms. The second kappa shape index (κ2) is 7.26. The standard InChI is InChI=1S/C16H23N3O3/c1-11(20)10-19-7-5-13(6-8-19)18-16(21)12-3-4-14(17)15(9-12)22-2/h3-4,9,13H,5-8,10,17H2,1-2H3,(H,18,21). The van der Waals surface area contributed by atoms with Crippen LogP contribution in [0.3, 0.4) is 0 Å². The Balaban J connectivity index is 1.89. The van der Waals surface area contributed by atoms with Crippen molar-refractivity contribution in [3.8, 4) is 5.75 Å². The zero-order valence-electron chi connectivity index (χ0n) is 13.1. The first-order chi connectivity index (χ1) is 10.5. The fourth-order valence-corrected chi connectivity index (χ4v) is 2.67. The molecule has 6 nitrogen and oxygen atoms in total. The van der Waals surface area contributed by atoms with Crippen LogP contribution in [0.25, 0.3) is 0 Å². The summed E-state index contributed by atoms with van der Waals surface area (Å²) < 4.78 is 5.13. The number of hydrogen-bond acceptors (Lipinski definition) is 5. The Kier molecular flexibility index (Phi) is 5.38. The van der Waals surface area contributed by atoms with Gasteiger partial charge in [-0.25, -0.2) is 0 Å². The van der Waals surface area contributed by atoms with E-state index in [1.807, 2.05) is 0 Å². The number of carbonyl (C=O) groups excluding carboxylic acids is 2. The van der Waals surface area contributed by atoms with Crippen LogP contribution >= 0.6 is 0 Å². The van der Waals surface area contributed by atoms with E-state index >= 15 is 0 Å². The quantitative estimate of drug-likeness (QED) is 0.795. The van der Waals surface area contributed by atoms with E-state index in [-0.39, 0.29) is 17.7 Å². The van der Waals surface area contributed by atoms with Gasteiger partial charge in [0.15, 0.2) is 0 Å². The van der Waals surface area contributed by atoms with Gasteiger partial charge in [-0.05, 0) is 38.0 Å². The molecule has 0 aromatic heterocycles. The van der Waals surface area contributed by atoms with Gasteiger partial charge >= 0.3 is 0 Å². The van der Waals surface area contributed by atoms with Crippen LogP contribution in [0.2, 0.25) is 0 Å². The molecule has 2 rings (SSSR count). The highest BCUT2D eigenvalue weighted by atomic mass is 16.5. The van der Waals surface area contributed by atoms with Crippen LogP contribution in [0.1, 0.15) is 30.1 Å². The number of carbonyl (C=O) groups is 2. The summed E-state index contributed by atoms with van der Waals surface area (Å²) in [5.41, 5.74) is 6.80. The number of rotatable bonds is 5. The minimum Gasteiger partial charge on any atom is -0.495 e. The highest BCUT2D eigenvalue weighted by molar-refractivity contribution is 5.95. The molecule has 1 amide bonds. The zero-order chi connectivity index (χ0) is 16.1. The molecule has 1 aliphatic rings. The molecular weight excluding hydrogens is 282 g/mol. The van der Waals surface area contributed by atoms with Crippen molar-refractivity contribution < 1.29 is 14.3 Å². The number of ketones is 1. The fraction of sp³-hybridized carbons (Fsp3) is 0.500. The van der Waals surface area contributed by atoms with Crippen LogP contribution < -0.4 is 15.8 Å². The van der Waals surface area contributed by atoms with Crippen LogP contribution in [-0.2, 0) is 4.79 Å². The predicted molar refractivity (Wildman–Crippen MR) is 85.0 cm³/mol. The van der Waals surface area contributed by atoms with Crippen molar-refractivity contribution in [3.63, 3.8) is 0 Å². The maximum atomic E-state index is 12.3. The van der Waals surface area contributed by atoms with E-state index in [2.05, 4.69) is 10.2 Å². The van der Waals surface area contributed by atoms with Gasteiger partial charge < -0.3 is 15.8 Å². The Morgan fingerprint density at radius 3 is 2.64 bits per heavy atom. The van der Waals surface area contributed by atoms with Gasteiger partial charge in [-0.15, -0.1) is 0 Å². The third-order valence-corrected chi connectivity index (χ3v) is 3.86. The van der Waals surface area contributed by atoms with Gasteiger partial charge in [0.1, 0.15) is 11.5 Å². The Hall–Kier alpha value is -2.08. The van der Waals surface area contributed by atoms with Gasteiger partial charge in [-0.3, -0.25) is 14.5 Å². The summed E-state index contributed by atoms with van der Waals surface area (Å²) in [4.78, 5) is 25.5. The van der Waals surface area contributed by atoms with Gasteiger partial charge in [-0.1, -0.05) is 0 Å². The molecule has 120 valence electrons. The van der Waals surface area contributed by atoms with Gasteiger partial charge in [0.05, 0.1) is 19.3 Å². The number of methoxy groups -OCH3 is 1. The number of ether oxygens (including phenoxy) is 1. The summed E-state index contributed by atoms with van der Waals surface area (Å²) in [6, 6.07) is 5.15. The molecule has 1 heterocycles. The molecule has 1 aliphatic heterocycles. The minimum absolute atomic E-state index is 0.122. The highest BCUT2D eigenvalue weighted by Crippen LogP contribution is 2.22. The summed E-state index contributed by atoms with van der Waals surface area (Å²) in [5.74, 6) is 0.559. The van der Waals surface area contributed by atoms with Gasteiger partial charge in [0.25, 0.3) is 5.91 Å². The average molecular weight is 305 g/mol. The van der Waals surface area contributed by atoms with Crippen LogP contribution in [0.4, 0.5) is 5.69 Å². The smallest absolute Gasteiger partial charge is 0.251 e. The first-order valence-electron chi connectivity index (χ1n) is 7.45. The Morgan fingerprint density at radius 1 is 1.36 bits per heavy atom. The molecule has 0 saturated carbocycles. The second-order valence-electron chi connectivity index (χ2n) is 5.68. The first kappa shape index (κ1) is 16.3. The van der Waals surface area contributed by atoms with Crippen molar-refractivity contribution in [2.24, 2.45) is 0 Å². The summed E-state index contributed by atoms with van der Waals surface area (Å²) in [7, 11) is 1.53. The Bertz CT molecular complexity index is 552. The van der Waals surface area contributed by atoms with E-state index in [4.69, 9.17) is 10.5 Å². The van der Waals surface area contributed by atoms with Crippen LogP contribution in [0.15, 0.2) is 18.2 Å². The number of Topliss-reactive ketones (excluding diaryl/α,β-unsaturated/α-hetero) is 1. The molecule has 0 aliphatic carbocycles. The molecule has 6 heteroatoms. The van der Waals surface area contributed by atoms with Crippen LogP contribution in [0.5, 0.6) is 5.75 Å². The lowest BCUT2D eigenvalue weighted by Crippen LogP contribution is -2.45. The summed E-state index contributed by atoms with van der Waals surface area (Å²) in [5, 5.41) is 3.03. The topological polar surface area (TPSA) is 84.7 Å². The second-order valence-corrected chi connectivity index (χ2v) is 5.68. The largest absolute Gasteiger partial charge is 0.495 e. The average Bonchev–Trinajstić information content (AvgIpc) is 2.49. The molecule has 0 unspecified atom stereocenters. The van der Waals surface area contributed by atoms with E-state index in [1.54, 1.807) is 25.1 Å². The molecule has 1 fully saturated rings. The molecule has 1 aromatic carbocycles. The number of nitrogens with zero attached hydrogens (tertiary/aromatic N) is 1. The third-order valence-electron chi connectivity index (χ3n) is 3.86. The summed E-state index contributed by atoms with van der Waals surface area (Å²) >= 11 is 0. The van der Waals surface area contributed by atoms with E-state index < -0.39 is 0 Å². The minimum atomic E-state index is -0.122. The Morgan fingerprint density at radius 2 is 2.05 bits per heavy atom. The van der Waals surface area contributed by atoms with Gasteiger partial charge in [-0.2, -0.15) is 0 Å². The normalized spacial score (nSPS) is 16.3. The molecule has 1 saturated heterocycles. The maximum absolute atomic E-state index is 12.3. The molecule has 0 radical (unpaired) electrons. The number of amides is 1. The fourth-order valence-electron chi connectivity index (χ4n) is 2.67. The number of nitrogens with two attached hydrogens (primary N) is 1. The SMILES string of the molecule is COc1cc(C(=O)NC2CCN(CC(C)=O)CC2)ccc1N.